The van der Waals surface area contributed by atoms with E-state index in [4.69, 9.17) is 4.74 Å². The Morgan fingerprint density at radius 3 is 2.85 bits per heavy atom. The minimum Gasteiger partial charge on any atom is -0.383 e. The monoisotopic (exact) mass is 359 g/mol. The van der Waals surface area contributed by atoms with Crippen LogP contribution in [0.25, 0.3) is 11.4 Å². The smallest absolute Gasteiger partial charge is 0.254 e. The van der Waals surface area contributed by atoms with Crippen molar-refractivity contribution in [1.29, 1.82) is 0 Å². The first-order chi connectivity index (χ1) is 12.6. The second-order valence-corrected chi connectivity index (χ2v) is 5.81. The van der Waals surface area contributed by atoms with Crippen LogP contribution in [0.1, 0.15) is 17.7 Å². The van der Waals surface area contributed by atoms with Crippen LogP contribution in [-0.2, 0) is 16.0 Å². The van der Waals surface area contributed by atoms with Gasteiger partial charge in [-0.2, -0.15) is 0 Å². The van der Waals surface area contributed by atoms with E-state index in [2.05, 4.69) is 25.6 Å². The Labute approximate surface area is 152 Å². The minimum absolute atomic E-state index is 0.0892. The van der Waals surface area contributed by atoms with E-state index in [1.54, 1.807) is 32.5 Å². The van der Waals surface area contributed by atoms with Crippen LogP contribution >= 0.6 is 0 Å². The fraction of sp³-hybridized carbons (Fsp3) is 0.444. The largest absolute Gasteiger partial charge is 0.383 e. The number of nitrogens with zero attached hydrogens (tertiary/aromatic N) is 2. The van der Waals surface area contributed by atoms with E-state index in [9.17, 15) is 9.59 Å². The number of aromatic amines is 1. The van der Waals surface area contributed by atoms with Crippen LogP contribution in [0.3, 0.4) is 0 Å². The number of amides is 1. The van der Waals surface area contributed by atoms with Crippen LogP contribution in [0, 0.1) is 6.92 Å². The molecular weight excluding hydrogens is 334 g/mol. The van der Waals surface area contributed by atoms with E-state index in [-0.39, 0.29) is 17.9 Å². The number of hydrogen-bond donors (Lipinski definition) is 3. The number of H-pyrrole nitrogens is 1. The molecule has 3 N–H and O–H groups in total. The molecule has 0 saturated heterocycles. The van der Waals surface area contributed by atoms with E-state index < -0.39 is 0 Å². The maximum absolute atomic E-state index is 12.3. The lowest BCUT2D eigenvalue weighted by atomic mass is 10.1. The average Bonchev–Trinajstić information content (AvgIpc) is 2.64. The highest BCUT2D eigenvalue weighted by atomic mass is 16.5. The van der Waals surface area contributed by atoms with Gasteiger partial charge < -0.3 is 20.4 Å². The number of methoxy groups -OCH3 is 1. The van der Waals surface area contributed by atoms with Gasteiger partial charge in [0.2, 0.25) is 5.91 Å². The normalized spacial score (nSPS) is 10.7. The molecule has 8 nitrogen and oxygen atoms in total. The van der Waals surface area contributed by atoms with Crippen molar-refractivity contribution in [3.8, 4) is 11.4 Å². The second-order valence-electron chi connectivity index (χ2n) is 5.81. The summed E-state index contributed by atoms with van der Waals surface area (Å²) in [6.45, 7) is 4.38. The maximum Gasteiger partial charge on any atom is 0.254 e. The van der Waals surface area contributed by atoms with Crippen LogP contribution in [0.5, 0.6) is 0 Å². The van der Waals surface area contributed by atoms with E-state index in [1.807, 2.05) is 6.07 Å². The third-order valence-corrected chi connectivity index (χ3v) is 3.87. The van der Waals surface area contributed by atoms with Gasteiger partial charge in [0.25, 0.3) is 5.56 Å². The van der Waals surface area contributed by atoms with Crippen molar-refractivity contribution < 1.29 is 9.53 Å². The lowest BCUT2D eigenvalue weighted by Crippen LogP contribution is -2.33. The number of carbonyl (C=O) groups is 1. The molecule has 0 saturated carbocycles. The van der Waals surface area contributed by atoms with Crippen molar-refractivity contribution in [1.82, 2.24) is 25.6 Å². The molecule has 0 atom stereocenters. The molecule has 0 aliphatic carbocycles. The van der Waals surface area contributed by atoms with Crippen molar-refractivity contribution in [2.75, 3.05) is 33.4 Å². The number of rotatable bonds is 10. The number of aromatic nitrogens is 3. The van der Waals surface area contributed by atoms with Gasteiger partial charge in [-0.1, -0.05) is 0 Å². The van der Waals surface area contributed by atoms with Crippen molar-refractivity contribution in [2.45, 2.75) is 19.8 Å². The van der Waals surface area contributed by atoms with E-state index in [1.165, 1.54) is 0 Å². The molecule has 0 bridgehead atoms. The van der Waals surface area contributed by atoms with Crippen LogP contribution < -0.4 is 16.2 Å². The highest BCUT2D eigenvalue weighted by molar-refractivity contribution is 5.76. The Morgan fingerprint density at radius 2 is 2.15 bits per heavy atom. The fourth-order valence-corrected chi connectivity index (χ4v) is 2.46. The summed E-state index contributed by atoms with van der Waals surface area (Å²) in [5, 5.41) is 5.97. The molecule has 0 fully saturated rings. The molecular formula is C18H25N5O3. The molecule has 26 heavy (non-hydrogen) atoms. The summed E-state index contributed by atoms with van der Waals surface area (Å²) in [7, 11) is 1.64. The first-order valence-corrected chi connectivity index (χ1v) is 8.58. The van der Waals surface area contributed by atoms with Gasteiger partial charge in [0.1, 0.15) is 5.82 Å². The Bertz CT molecular complexity index is 761. The highest BCUT2D eigenvalue weighted by Gasteiger charge is 2.11. The Morgan fingerprint density at radius 1 is 1.31 bits per heavy atom. The number of carbonyl (C=O) groups excluding carboxylic acids is 1. The van der Waals surface area contributed by atoms with Crippen LogP contribution in [0.4, 0.5) is 0 Å². The van der Waals surface area contributed by atoms with Gasteiger partial charge in [0, 0.05) is 62.4 Å². The number of ether oxygens (including phenoxy) is 1. The zero-order valence-corrected chi connectivity index (χ0v) is 15.2. The third kappa shape index (κ3) is 6.05. The molecule has 0 aromatic carbocycles. The Hall–Kier alpha value is -2.58. The molecule has 2 aromatic heterocycles. The minimum atomic E-state index is -0.217. The predicted octanol–water partition coefficient (Wildman–Crippen LogP) is 0.425. The van der Waals surface area contributed by atoms with Crippen LogP contribution in [0.15, 0.2) is 29.3 Å². The van der Waals surface area contributed by atoms with E-state index >= 15 is 0 Å². The second kappa shape index (κ2) is 10.4. The van der Waals surface area contributed by atoms with Gasteiger partial charge in [-0.15, -0.1) is 0 Å². The molecule has 140 valence electrons. The predicted molar refractivity (Wildman–Crippen MR) is 98.9 cm³/mol. The summed E-state index contributed by atoms with van der Waals surface area (Å²) in [4.78, 5) is 35.5. The lowest BCUT2D eigenvalue weighted by Gasteiger charge is -2.08. The zero-order valence-electron chi connectivity index (χ0n) is 15.2. The summed E-state index contributed by atoms with van der Waals surface area (Å²) in [5.41, 5.74) is 1.69. The van der Waals surface area contributed by atoms with Gasteiger partial charge >= 0.3 is 0 Å². The molecule has 0 radical (unpaired) electrons. The summed E-state index contributed by atoms with van der Waals surface area (Å²) in [5.74, 6) is 0.393. The summed E-state index contributed by atoms with van der Waals surface area (Å²) in [6.07, 6.45) is 3.90. The van der Waals surface area contributed by atoms with Gasteiger partial charge in [0.15, 0.2) is 0 Å². The van der Waals surface area contributed by atoms with Gasteiger partial charge in [-0.3, -0.25) is 14.6 Å². The number of nitrogens with one attached hydrogen (secondary N) is 3. The first kappa shape index (κ1) is 19.7. The Balaban J connectivity index is 1.86. The Kier molecular flexibility index (Phi) is 7.91. The average molecular weight is 359 g/mol. The lowest BCUT2D eigenvalue weighted by molar-refractivity contribution is -0.121. The van der Waals surface area contributed by atoms with E-state index in [0.717, 1.165) is 12.1 Å². The molecule has 0 aliphatic heterocycles. The summed E-state index contributed by atoms with van der Waals surface area (Å²) in [6, 6.07) is 3.62. The fourth-order valence-electron chi connectivity index (χ4n) is 2.46. The molecule has 2 aromatic rings. The number of hydrogen-bond acceptors (Lipinski definition) is 6. The SMILES string of the molecule is COCCNCCNC(=O)CCc1c(C)nc(-c2cccnc2)[nH]c1=O. The highest BCUT2D eigenvalue weighted by Crippen LogP contribution is 2.13. The van der Waals surface area contributed by atoms with Crippen molar-refractivity contribution in [2.24, 2.45) is 0 Å². The first-order valence-electron chi connectivity index (χ1n) is 8.58. The van der Waals surface area contributed by atoms with Gasteiger partial charge in [-0.05, 0) is 25.5 Å². The topological polar surface area (TPSA) is 109 Å². The molecule has 8 heteroatoms. The van der Waals surface area contributed by atoms with Crippen molar-refractivity contribution in [3.63, 3.8) is 0 Å². The molecule has 1 amide bonds. The van der Waals surface area contributed by atoms with Gasteiger partial charge in [0.05, 0.1) is 6.61 Å². The molecule has 0 unspecified atom stereocenters. The summed E-state index contributed by atoms with van der Waals surface area (Å²) >= 11 is 0. The molecule has 2 heterocycles. The van der Waals surface area contributed by atoms with Gasteiger partial charge in [-0.25, -0.2) is 4.98 Å². The third-order valence-electron chi connectivity index (χ3n) is 3.87. The van der Waals surface area contributed by atoms with Crippen molar-refractivity contribution in [3.05, 3.63) is 46.1 Å². The number of pyridine rings is 1. The maximum atomic E-state index is 12.3. The standard InChI is InChI=1S/C18H25N5O3/c1-13-15(5-6-16(24)21-9-8-19-10-11-26-2)18(25)23-17(22-13)14-4-3-7-20-12-14/h3-4,7,12,19H,5-6,8-11H2,1-2H3,(H,21,24)(H,22,23,25). The van der Waals surface area contributed by atoms with Crippen LogP contribution in [-0.4, -0.2) is 54.2 Å². The summed E-state index contributed by atoms with van der Waals surface area (Å²) < 4.78 is 4.92. The zero-order chi connectivity index (χ0) is 18.8. The molecule has 0 spiro atoms. The van der Waals surface area contributed by atoms with Crippen LogP contribution in [0.2, 0.25) is 0 Å². The van der Waals surface area contributed by atoms with Crippen molar-refractivity contribution >= 4 is 5.91 Å². The molecule has 0 aliphatic rings. The van der Waals surface area contributed by atoms with E-state index in [0.29, 0.717) is 43.2 Å². The quantitative estimate of drug-likeness (QED) is 0.531. The number of aryl methyl sites for hydroxylation is 1. The molecule has 2 rings (SSSR count).